The minimum Gasteiger partial charge on any atom is -0.497 e. The van der Waals surface area contributed by atoms with Gasteiger partial charge < -0.3 is 14.8 Å². The number of benzene rings is 1. The van der Waals surface area contributed by atoms with Crippen LogP contribution in [0.2, 0.25) is 0 Å². The molecule has 90 valence electrons. The first kappa shape index (κ1) is 12.9. The second kappa shape index (κ2) is 6.42. The molecule has 0 aliphatic carbocycles. The van der Waals surface area contributed by atoms with E-state index in [1.54, 1.807) is 12.1 Å². The maximum Gasteiger partial charge on any atom is 0.250 e. The quantitative estimate of drug-likeness (QED) is 0.616. The fraction of sp³-hybridized carbons (Fsp3) is 0.273. The van der Waals surface area contributed by atoms with Crippen LogP contribution in [-0.4, -0.2) is 32.8 Å². The largest absolute Gasteiger partial charge is 0.497 e. The Labute approximate surface area is 98.3 Å². The summed E-state index contributed by atoms with van der Waals surface area (Å²) in [6.07, 6.45) is 1.42. The highest BCUT2D eigenvalue weighted by Gasteiger charge is 2.07. The van der Waals surface area contributed by atoms with E-state index in [0.717, 1.165) is 0 Å². The molecule has 0 atom stereocenters. The molecule has 0 saturated carbocycles. The van der Waals surface area contributed by atoms with E-state index in [1.165, 1.54) is 26.4 Å². The van der Waals surface area contributed by atoms with Crippen molar-refractivity contribution in [1.29, 1.82) is 0 Å². The standard InChI is InChI=1S/C11H12N2O4/c1-16-6-11(15)13-9-4-3-8(17-2)5-10(9)12-7-14/h3-5H,6H2,1-2H3,(H,13,15). The summed E-state index contributed by atoms with van der Waals surface area (Å²) in [5, 5.41) is 2.56. The molecule has 1 rings (SSSR count). The number of carbonyl (C=O) groups excluding carboxylic acids is 2. The summed E-state index contributed by atoms with van der Waals surface area (Å²) in [4.78, 5) is 25.1. The molecule has 0 aliphatic rings. The van der Waals surface area contributed by atoms with Crippen LogP contribution >= 0.6 is 0 Å². The number of anilines is 1. The minimum atomic E-state index is -0.333. The van der Waals surface area contributed by atoms with Crippen molar-refractivity contribution in [1.82, 2.24) is 0 Å². The molecule has 0 radical (unpaired) electrons. The molecule has 6 heteroatoms. The van der Waals surface area contributed by atoms with Gasteiger partial charge in [0.2, 0.25) is 12.0 Å². The smallest absolute Gasteiger partial charge is 0.250 e. The van der Waals surface area contributed by atoms with E-state index in [0.29, 0.717) is 11.4 Å². The van der Waals surface area contributed by atoms with Gasteiger partial charge in [0, 0.05) is 13.2 Å². The van der Waals surface area contributed by atoms with E-state index in [1.807, 2.05) is 0 Å². The number of nitrogens with one attached hydrogen (secondary N) is 1. The first-order chi connectivity index (χ1) is 8.21. The minimum absolute atomic E-state index is 0.0731. The van der Waals surface area contributed by atoms with E-state index in [2.05, 4.69) is 15.0 Å². The van der Waals surface area contributed by atoms with Crippen LogP contribution in [0.1, 0.15) is 0 Å². The number of nitrogens with zero attached hydrogens (tertiary/aromatic N) is 1. The zero-order valence-electron chi connectivity index (χ0n) is 9.52. The summed E-state index contributed by atoms with van der Waals surface area (Å²) >= 11 is 0. The number of aliphatic imine (C=N–C) groups is 1. The summed E-state index contributed by atoms with van der Waals surface area (Å²) in [7, 11) is 2.91. The third-order valence-corrected chi connectivity index (χ3v) is 1.92. The lowest BCUT2D eigenvalue weighted by molar-refractivity contribution is -0.119. The molecule has 0 saturated heterocycles. The monoisotopic (exact) mass is 236 g/mol. The van der Waals surface area contributed by atoms with Crippen molar-refractivity contribution in [3.8, 4) is 5.75 Å². The van der Waals surface area contributed by atoms with Crippen molar-refractivity contribution in [2.75, 3.05) is 26.1 Å². The number of rotatable bonds is 5. The van der Waals surface area contributed by atoms with Crippen LogP contribution in [0.3, 0.4) is 0 Å². The third kappa shape index (κ3) is 3.71. The van der Waals surface area contributed by atoms with Crippen molar-refractivity contribution in [3.63, 3.8) is 0 Å². The molecule has 0 heterocycles. The topological polar surface area (TPSA) is 77.0 Å². The average Bonchev–Trinajstić information content (AvgIpc) is 2.32. The van der Waals surface area contributed by atoms with E-state index in [-0.39, 0.29) is 18.2 Å². The number of hydrogen-bond acceptors (Lipinski definition) is 5. The van der Waals surface area contributed by atoms with Crippen molar-refractivity contribution < 1.29 is 19.1 Å². The highest BCUT2D eigenvalue weighted by atomic mass is 16.5. The number of methoxy groups -OCH3 is 2. The number of amides is 1. The Bertz CT molecular complexity index is 453. The highest BCUT2D eigenvalue weighted by Crippen LogP contribution is 2.29. The van der Waals surface area contributed by atoms with E-state index in [4.69, 9.17) is 4.74 Å². The number of hydrogen-bond donors (Lipinski definition) is 1. The lowest BCUT2D eigenvalue weighted by Gasteiger charge is -2.08. The molecule has 1 aromatic rings. The Hall–Kier alpha value is -2.17. The molecule has 17 heavy (non-hydrogen) atoms. The van der Waals surface area contributed by atoms with Gasteiger partial charge in [-0.05, 0) is 12.1 Å². The van der Waals surface area contributed by atoms with E-state index < -0.39 is 0 Å². The van der Waals surface area contributed by atoms with Gasteiger partial charge in [0.1, 0.15) is 18.0 Å². The maximum absolute atomic E-state index is 11.3. The van der Waals surface area contributed by atoms with E-state index in [9.17, 15) is 9.59 Å². The number of carbonyl (C=O) groups is 1. The first-order valence-corrected chi connectivity index (χ1v) is 4.76. The van der Waals surface area contributed by atoms with Crippen molar-refractivity contribution in [2.24, 2.45) is 4.99 Å². The molecule has 1 amide bonds. The number of ether oxygens (including phenoxy) is 2. The Balaban J connectivity index is 2.97. The predicted octanol–water partition coefficient (Wildman–Crippen LogP) is 1.25. The van der Waals surface area contributed by atoms with Gasteiger partial charge in [-0.2, -0.15) is 4.99 Å². The molecule has 1 N–H and O–H groups in total. The lowest BCUT2D eigenvalue weighted by atomic mass is 10.2. The number of isocyanates is 1. The van der Waals surface area contributed by atoms with Gasteiger partial charge in [-0.3, -0.25) is 4.79 Å². The molecule has 0 aromatic heterocycles. The molecule has 0 spiro atoms. The Morgan fingerprint density at radius 1 is 1.47 bits per heavy atom. The zero-order valence-corrected chi connectivity index (χ0v) is 9.52. The Morgan fingerprint density at radius 3 is 2.82 bits per heavy atom. The SMILES string of the molecule is COCC(=O)Nc1ccc(OC)cc1N=C=O. The zero-order chi connectivity index (χ0) is 12.7. The molecule has 0 unspecified atom stereocenters. The van der Waals surface area contributed by atoms with Gasteiger partial charge in [0.25, 0.3) is 0 Å². The fourth-order valence-corrected chi connectivity index (χ4v) is 1.20. The normalized spacial score (nSPS) is 9.29. The average molecular weight is 236 g/mol. The van der Waals surface area contributed by atoms with Crippen LogP contribution < -0.4 is 10.1 Å². The molecular weight excluding hydrogens is 224 g/mol. The molecule has 0 aliphatic heterocycles. The van der Waals surface area contributed by atoms with Crippen LogP contribution in [0.15, 0.2) is 23.2 Å². The van der Waals surface area contributed by atoms with Crippen molar-refractivity contribution in [2.45, 2.75) is 0 Å². The maximum atomic E-state index is 11.3. The van der Waals surface area contributed by atoms with Gasteiger partial charge in [-0.25, -0.2) is 4.79 Å². The molecular formula is C11H12N2O4. The fourth-order valence-electron chi connectivity index (χ4n) is 1.20. The van der Waals surface area contributed by atoms with Crippen LogP contribution in [0, 0.1) is 0 Å². The Morgan fingerprint density at radius 2 is 2.24 bits per heavy atom. The predicted molar refractivity (Wildman–Crippen MR) is 61.3 cm³/mol. The summed E-state index contributed by atoms with van der Waals surface area (Å²) in [6, 6.07) is 4.75. The molecule has 6 nitrogen and oxygen atoms in total. The van der Waals surface area contributed by atoms with Crippen LogP contribution in [0.5, 0.6) is 5.75 Å². The van der Waals surface area contributed by atoms with Crippen molar-refractivity contribution in [3.05, 3.63) is 18.2 Å². The summed E-state index contributed by atoms with van der Waals surface area (Å²) in [5.41, 5.74) is 0.681. The molecule has 0 bridgehead atoms. The van der Waals surface area contributed by atoms with Gasteiger partial charge in [-0.15, -0.1) is 0 Å². The summed E-state index contributed by atoms with van der Waals surface area (Å²) < 4.78 is 9.66. The van der Waals surface area contributed by atoms with Crippen LogP contribution in [0.25, 0.3) is 0 Å². The van der Waals surface area contributed by atoms with Gasteiger partial charge >= 0.3 is 0 Å². The molecule has 0 fully saturated rings. The van der Waals surface area contributed by atoms with Crippen molar-refractivity contribution >= 4 is 23.4 Å². The summed E-state index contributed by atoms with van der Waals surface area (Å²) in [5.74, 6) is 0.198. The van der Waals surface area contributed by atoms with E-state index >= 15 is 0 Å². The van der Waals surface area contributed by atoms with Gasteiger partial charge in [-0.1, -0.05) is 0 Å². The second-order valence-corrected chi connectivity index (χ2v) is 3.07. The summed E-state index contributed by atoms with van der Waals surface area (Å²) in [6.45, 7) is -0.0731. The van der Waals surface area contributed by atoms with Crippen LogP contribution in [0.4, 0.5) is 11.4 Å². The van der Waals surface area contributed by atoms with Gasteiger partial charge in [0.15, 0.2) is 0 Å². The van der Waals surface area contributed by atoms with Crippen LogP contribution in [-0.2, 0) is 14.3 Å². The molecule has 1 aromatic carbocycles. The first-order valence-electron chi connectivity index (χ1n) is 4.76. The third-order valence-electron chi connectivity index (χ3n) is 1.92. The second-order valence-electron chi connectivity index (χ2n) is 3.07. The van der Waals surface area contributed by atoms with Gasteiger partial charge in [0.05, 0.1) is 12.8 Å². The lowest BCUT2D eigenvalue weighted by Crippen LogP contribution is -2.17. The highest BCUT2D eigenvalue weighted by molar-refractivity contribution is 5.94. The Kier molecular flexibility index (Phi) is 4.87.